The van der Waals surface area contributed by atoms with Crippen molar-refractivity contribution in [1.29, 1.82) is 0 Å². The Hall–Kier alpha value is -1.16. The summed E-state index contributed by atoms with van der Waals surface area (Å²) in [5, 5.41) is 0. The molecule has 4 heteroatoms. The Kier molecular flexibility index (Phi) is 3.32. The van der Waals surface area contributed by atoms with E-state index in [2.05, 4.69) is 0 Å². The number of hydrogen-bond acceptors (Lipinski definition) is 2. The number of benzene rings is 1. The van der Waals surface area contributed by atoms with Gasteiger partial charge in [0, 0.05) is 23.6 Å². The first-order chi connectivity index (χ1) is 8.37. The van der Waals surface area contributed by atoms with E-state index in [0.717, 1.165) is 32.6 Å². The van der Waals surface area contributed by atoms with Crippen molar-refractivity contribution in [3.8, 4) is 5.75 Å². The first-order valence-corrected chi connectivity index (χ1v) is 6.22. The van der Waals surface area contributed by atoms with E-state index in [-0.39, 0.29) is 5.56 Å². The Bertz CT molecular complexity index is 434. The summed E-state index contributed by atoms with van der Waals surface area (Å²) in [6, 6.07) is 4.50. The average Bonchev–Trinajstić information content (AvgIpc) is 2.75. The van der Waals surface area contributed by atoms with Crippen LogP contribution >= 0.6 is 0 Å². The van der Waals surface area contributed by atoms with Crippen LogP contribution in [0.25, 0.3) is 0 Å². The topological polar surface area (TPSA) is 35.2 Å². The zero-order chi connectivity index (χ0) is 13.4. The summed E-state index contributed by atoms with van der Waals surface area (Å²) >= 11 is 0. The molecule has 0 radical (unpaired) electrons. The molecule has 2 N–H and O–H groups in total. The number of alkyl halides is 2. The van der Waals surface area contributed by atoms with Gasteiger partial charge in [0.15, 0.2) is 0 Å². The number of methoxy groups -OCH3 is 1. The second-order valence-corrected chi connectivity index (χ2v) is 5.17. The maximum Gasteiger partial charge on any atom is 0.270 e. The van der Waals surface area contributed by atoms with Gasteiger partial charge in [0.25, 0.3) is 5.92 Å². The predicted molar refractivity (Wildman–Crippen MR) is 66.9 cm³/mol. The van der Waals surface area contributed by atoms with E-state index in [4.69, 9.17) is 10.5 Å². The van der Waals surface area contributed by atoms with E-state index in [9.17, 15) is 8.78 Å². The smallest absolute Gasteiger partial charge is 0.270 e. The Morgan fingerprint density at radius 3 is 2.39 bits per heavy atom. The molecule has 2 nitrogen and oxygen atoms in total. The highest BCUT2D eigenvalue weighted by atomic mass is 19.3. The first kappa shape index (κ1) is 13.3. The van der Waals surface area contributed by atoms with Crippen molar-refractivity contribution in [3.63, 3.8) is 0 Å². The normalized spacial score (nSPS) is 18.9. The van der Waals surface area contributed by atoms with Crippen molar-refractivity contribution in [2.45, 2.75) is 44.1 Å². The highest BCUT2D eigenvalue weighted by Crippen LogP contribution is 2.42. The average molecular weight is 255 g/mol. The maximum absolute atomic E-state index is 13.4. The monoisotopic (exact) mass is 255 g/mol. The summed E-state index contributed by atoms with van der Waals surface area (Å²) < 4.78 is 32.1. The van der Waals surface area contributed by atoms with Gasteiger partial charge >= 0.3 is 0 Å². The third-order valence-corrected chi connectivity index (χ3v) is 3.74. The number of nitrogens with two attached hydrogens (primary N) is 1. The molecule has 1 aromatic rings. The van der Waals surface area contributed by atoms with Crippen molar-refractivity contribution in [2.24, 2.45) is 5.73 Å². The van der Waals surface area contributed by atoms with Crippen LogP contribution < -0.4 is 10.5 Å². The van der Waals surface area contributed by atoms with E-state index in [1.165, 1.54) is 12.1 Å². The van der Waals surface area contributed by atoms with Gasteiger partial charge in [0.05, 0.1) is 7.11 Å². The number of ether oxygens (including phenoxy) is 1. The van der Waals surface area contributed by atoms with Crippen molar-refractivity contribution >= 4 is 0 Å². The number of halogens is 2. The lowest BCUT2D eigenvalue weighted by Crippen LogP contribution is -2.34. The lowest BCUT2D eigenvalue weighted by Gasteiger charge is -2.27. The summed E-state index contributed by atoms with van der Waals surface area (Å²) in [4.78, 5) is 0. The SMILES string of the molecule is COc1ccc(C(C)(F)F)cc1C1(N)CCCC1. The molecule has 0 unspecified atom stereocenters. The van der Waals surface area contributed by atoms with E-state index >= 15 is 0 Å². The molecule has 0 bridgehead atoms. The molecule has 1 aromatic carbocycles. The molecule has 100 valence electrons. The van der Waals surface area contributed by atoms with Gasteiger partial charge in [-0.2, -0.15) is 0 Å². The minimum Gasteiger partial charge on any atom is -0.496 e. The van der Waals surface area contributed by atoms with Crippen molar-refractivity contribution in [2.75, 3.05) is 7.11 Å². The van der Waals surface area contributed by atoms with Crippen LogP contribution in [0.4, 0.5) is 8.78 Å². The second-order valence-electron chi connectivity index (χ2n) is 5.17. The summed E-state index contributed by atoms with van der Waals surface area (Å²) in [5.41, 5.74) is 6.53. The fourth-order valence-electron chi connectivity index (χ4n) is 2.65. The van der Waals surface area contributed by atoms with Crippen LogP contribution in [0.15, 0.2) is 18.2 Å². The van der Waals surface area contributed by atoms with Gasteiger partial charge in [-0.25, -0.2) is 8.78 Å². The molecule has 1 fully saturated rings. The van der Waals surface area contributed by atoms with Crippen LogP contribution in [0, 0.1) is 0 Å². The van der Waals surface area contributed by atoms with Crippen molar-refractivity contribution in [1.82, 2.24) is 0 Å². The van der Waals surface area contributed by atoms with Crippen LogP contribution in [0.3, 0.4) is 0 Å². The summed E-state index contributed by atoms with van der Waals surface area (Å²) in [6.07, 6.45) is 3.71. The third kappa shape index (κ3) is 2.34. The predicted octanol–water partition coefficient (Wildman–Crippen LogP) is 3.53. The van der Waals surface area contributed by atoms with Gasteiger partial charge in [-0.1, -0.05) is 12.8 Å². The molecule has 18 heavy (non-hydrogen) atoms. The van der Waals surface area contributed by atoms with Crippen LogP contribution in [0.1, 0.15) is 43.7 Å². The number of rotatable bonds is 3. The largest absolute Gasteiger partial charge is 0.496 e. The quantitative estimate of drug-likeness (QED) is 0.896. The fourth-order valence-corrected chi connectivity index (χ4v) is 2.65. The van der Waals surface area contributed by atoms with Gasteiger partial charge in [0.1, 0.15) is 5.75 Å². The molecule has 2 rings (SSSR count). The lowest BCUT2D eigenvalue weighted by atomic mass is 9.87. The molecule has 0 spiro atoms. The van der Waals surface area contributed by atoms with Crippen LogP contribution in [0.2, 0.25) is 0 Å². The Balaban J connectivity index is 2.49. The highest BCUT2D eigenvalue weighted by Gasteiger charge is 2.35. The van der Waals surface area contributed by atoms with Crippen LogP contribution in [-0.2, 0) is 11.5 Å². The molecule has 0 heterocycles. The van der Waals surface area contributed by atoms with Crippen LogP contribution in [-0.4, -0.2) is 7.11 Å². The molecule has 0 aliphatic heterocycles. The summed E-state index contributed by atoms with van der Waals surface area (Å²) in [7, 11) is 1.54. The zero-order valence-electron chi connectivity index (χ0n) is 10.8. The van der Waals surface area contributed by atoms with Crippen LogP contribution in [0.5, 0.6) is 5.75 Å². The Morgan fingerprint density at radius 1 is 1.28 bits per heavy atom. The van der Waals surface area contributed by atoms with Gasteiger partial charge in [-0.3, -0.25) is 0 Å². The number of hydrogen-bond donors (Lipinski definition) is 1. The lowest BCUT2D eigenvalue weighted by molar-refractivity contribution is 0.0172. The minimum absolute atomic E-state index is 0.00461. The molecule has 1 saturated carbocycles. The second kappa shape index (κ2) is 4.50. The molecule has 0 saturated heterocycles. The van der Waals surface area contributed by atoms with E-state index in [1.54, 1.807) is 13.2 Å². The summed E-state index contributed by atoms with van der Waals surface area (Å²) in [6.45, 7) is 0.899. The molecule has 1 aliphatic rings. The molecule has 1 aliphatic carbocycles. The van der Waals surface area contributed by atoms with E-state index < -0.39 is 11.5 Å². The highest BCUT2D eigenvalue weighted by molar-refractivity contribution is 5.43. The molecular weight excluding hydrogens is 236 g/mol. The molecular formula is C14H19F2NO. The van der Waals surface area contributed by atoms with Gasteiger partial charge < -0.3 is 10.5 Å². The van der Waals surface area contributed by atoms with Gasteiger partial charge in [0.2, 0.25) is 0 Å². The van der Waals surface area contributed by atoms with E-state index in [1.807, 2.05) is 0 Å². The van der Waals surface area contributed by atoms with Crippen molar-refractivity contribution < 1.29 is 13.5 Å². The van der Waals surface area contributed by atoms with Gasteiger partial charge in [-0.15, -0.1) is 0 Å². The molecule has 0 aromatic heterocycles. The Morgan fingerprint density at radius 2 is 1.89 bits per heavy atom. The summed E-state index contributed by atoms with van der Waals surface area (Å²) in [5.74, 6) is -2.25. The third-order valence-electron chi connectivity index (χ3n) is 3.74. The zero-order valence-corrected chi connectivity index (χ0v) is 10.8. The fraction of sp³-hybridized carbons (Fsp3) is 0.571. The standard InChI is InChI=1S/C14H19F2NO/c1-13(15,16)10-5-6-12(18-2)11(9-10)14(17)7-3-4-8-14/h5-6,9H,3-4,7-8,17H2,1-2H3. The molecule has 0 atom stereocenters. The minimum atomic E-state index is -2.85. The first-order valence-electron chi connectivity index (χ1n) is 6.22. The maximum atomic E-state index is 13.4. The van der Waals surface area contributed by atoms with Crippen molar-refractivity contribution in [3.05, 3.63) is 29.3 Å². The molecule has 0 amide bonds. The van der Waals surface area contributed by atoms with E-state index in [0.29, 0.717) is 11.3 Å². The Labute approximate surface area is 106 Å². The van der Waals surface area contributed by atoms with Gasteiger partial charge in [-0.05, 0) is 31.0 Å².